The van der Waals surface area contributed by atoms with E-state index in [1.165, 1.54) is 12.1 Å². The summed E-state index contributed by atoms with van der Waals surface area (Å²) in [7, 11) is 0.872. The first-order valence-corrected chi connectivity index (χ1v) is 7.72. The van der Waals surface area contributed by atoms with E-state index in [1.54, 1.807) is 18.2 Å². The highest BCUT2D eigenvalue weighted by Crippen LogP contribution is 2.38. The van der Waals surface area contributed by atoms with Gasteiger partial charge in [-0.1, -0.05) is 36.4 Å². The van der Waals surface area contributed by atoms with Crippen molar-refractivity contribution in [2.24, 2.45) is 0 Å². The first kappa shape index (κ1) is 14.9. The Hall–Kier alpha value is -1.53. The van der Waals surface area contributed by atoms with Gasteiger partial charge in [0, 0.05) is 10.7 Å². The molecule has 0 N–H and O–H groups in total. The van der Waals surface area contributed by atoms with Gasteiger partial charge >= 0.3 is 6.18 Å². The van der Waals surface area contributed by atoms with Crippen molar-refractivity contribution in [1.29, 1.82) is 0 Å². The summed E-state index contributed by atoms with van der Waals surface area (Å²) in [5, 5.41) is 0. The SMILES string of the molecule is O=S(=O)(Cl)c1ccc(-c2ccccc2)c(C(F)(F)F)c1. The zero-order chi connectivity index (χ0) is 15.0. The Morgan fingerprint density at radius 1 is 0.950 bits per heavy atom. The number of rotatable bonds is 2. The third-order valence-electron chi connectivity index (χ3n) is 2.66. The minimum absolute atomic E-state index is 0.0952. The Bertz CT molecular complexity index is 725. The van der Waals surface area contributed by atoms with E-state index in [0.717, 1.165) is 12.1 Å². The molecule has 106 valence electrons. The fourth-order valence-corrected chi connectivity index (χ4v) is 2.56. The number of hydrogen-bond donors (Lipinski definition) is 0. The molecule has 0 amide bonds. The van der Waals surface area contributed by atoms with E-state index < -0.39 is 25.7 Å². The van der Waals surface area contributed by atoms with Crippen molar-refractivity contribution in [2.75, 3.05) is 0 Å². The van der Waals surface area contributed by atoms with Crippen molar-refractivity contribution in [2.45, 2.75) is 11.1 Å². The summed E-state index contributed by atoms with van der Waals surface area (Å²) in [6.07, 6.45) is -4.68. The number of benzene rings is 2. The smallest absolute Gasteiger partial charge is 0.207 e. The van der Waals surface area contributed by atoms with Crippen LogP contribution in [0.1, 0.15) is 5.56 Å². The van der Waals surface area contributed by atoms with Crippen LogP contribution in [0.4, 0.5) is 13.2 Å². The van der Waals surface area contributed by atoms with Gasteiger partial charge < -0.3 is 0 Å². The highest BCUT2D eigenvalue weighted by molar-refractivity contribution is 8.13. The van der Waals surface area contributed by atoms with Crippen molar-refractivity contribution in [3.8, 4) is 11.1 Å². The molecule has 0 atom stereocenters. The molecule has 0 unspecified atom stereocenters. The molecule has 2 aromatic rings. The van der Waals surface area contributed by atoms with E-state index in [0.29, 0.717) is 11.6 Å². The summed E-state index contributed by atoms with van der Waals surface area (Å²) in [4.78, 5) is -0.578. The third-order valence-corrected chi connectivity index (χ3v) is 4.01. The van der Waals surface area contributed by atoms with Crippen molar-refractivity contribution in [1.82, 2.24) is 0 Å². The molecular formula is C13H8ClF3O2S. The molecule has 0 aliphatic carbocycles. The Morgan fingerprint density at radius 2 is 1.55 bits per heavy atom. The topological polar surface area (TPSA) is 34.1 Å². The monoisotopic (exact) mass is 320 g/mol. The fourth-order valence-electron chi connectivity index (χ4n) is 1.78. The second-order valence-electron chi connectivity index (χ2n) is 4.01. The highest BCUT2D eigenvalue weighted by atomic mass is 35.7. The van der Waals surface area contributed by atoms with Crippen LogP contribution in [0.3, 0.4) is 0 Å². The molecule has 0 bridgehead atoms. The van der Waals surface area contributed by atoms with Crippen molar-refractivity contribution in [3.05, 3.63) is 54.1 Å². The molecule has 0 spiro atoms. The van der Waals surface area contributed by atoms with Crippen molar-refractivity contribution >= 4 is 19.7 Å². The lowest BCUT2D eigenvalue weighted by Crippen LogP contribution is -2.08. The van der Waals surface area contributed by atoms with Crippen molar-refractivity contribution in [3.63, 3.8) is 0 Å². The summed E-state index contributed by atoms with van der Waals surface area (Å²) >= 11 is 0. The van der Waals surface area contributed by atoms with E-state index in [4.69, 9.17) is 10.7 Å². The molecule has 0 aromatic heterocycles. The van der Waals surface area contributed by atoms with Gasteiger partial charge in [0.2, 0.25) is 0 Å². The largest absolute Gasteiger partial charge is 0.417 e. The van der Waals surface area contributed by atoms with Gasteiger partial charge in [-0.15, -0.1) is 0 Å². The Labute approximate surface area is 118 Å². The molecule has 0 saturated carbocycles. The zero-order valence-corrected chi connectivity index (χ0v) is 11.4. The van der Waals surface area contributed by atoms with Crippen molar-refractivity contribution < 1.29 is 21.6 Å². The molecule has 0 heterocycles. The molecule has 0 fully saturated rings. The van der Waals surface area contributed by atoms with Gasteiger partial charge in [-0.2, -0.15) is 13.2 Å². The normalized spacial score (nSPS) is 12.4. The molecule has 0 radical (unpaired) electrons. The molecule has 2 aromatic carbocycles. The summed E-state index contributed by atoms with van der Waals surface area (Å²) in [6, 6.07) is 10.6. The molecule has 0 saturated heterocycles. The van der Waals surface area contributed by atoms with E-state index in [9.17, 15) is 21.6 Å². The lowest BCUT2D eigenvalue weighted by atomic mass is 9.99. The van der Waals surface area contributed by atoms with E-state index in [2.05, 4.69) is 0 Å². The standard InChI is InChI=1S/C13H8ClF3O2S/c14-20(18,19)10-6-7-11(9-4-2-1-3-5-9)12(8-10)13(15,16)17/h1-8H. The predicted octanol–water partition coefficient (Wildman–Crippen LogP) is 4.30. The van der Waals surface area contributed by atoms with Crippen LogP contribution in [0.2, 0.25) is 0 Å². The maximum absolute atomic E-state index is 13.1. The average Bonchev–Trinajstić information content (AvgIpc) is 2.37. The third kappa shape index (κ3) is 3.13. The van der Waals surface area contributed by atoms with Gasteiger partial charge in [0.05, 0.1) is 10.5 Å². The van der Waals surface area contributed by atoms with Gasteiger partial charge in [-0.25, -0.2) is 8.42 Å². The highest BCUT2D eigenvalue weighted by Gasteiger charge is 2.34. The van der Waals surface area contributed by atoms with Gasteiger partial charge in [-0.05, 0) is 23.3 Å². The van der Waals surface area contributed by atoms with Gasteiger partial charge in [0.25, 0.3) is 9.05 Å². The maximum atomic E-state index is 13.1. The lowest BCUT2D eigenvalue weighted by Gasteiger charge is -2.14. The van der Waals surface area contributed by atoms with Crippen LogP contribution >= 0.6 is 10.7 Å². The maximum Gasteiger partial charge on any atom is 0.417 e. The second kappa shape index (κ2) is 5.10. The summed E-state index contributed by atoms with van der Waals surface area (Å²) in [5.74, 6) is 0. The predicted molar refractivity (Wildman–Crippen MR) is 69.9 cm³/mol. The van der Waals surface area contributed by atoms with Crippen LogP contribution in [-0.2, 0) is 15.2 Å². The van der Waals surface area contributed by atoms with E-state index in [-0.39, 0.29) is 5.56 Å². The molecule has 20 heavy (non-hydrogen) atoms. The van der Waals surface area contributed by atoms with Gasteiger partial charge in [-0.3, -0.25) is 0 Å². The molecule has 7 heteroatoms. The number of halogens is 4. The van der Waals surface area contributed by atoms with E-state index in [1.807, 2.05) is 0 Å². The quantitative estimate of drug-likeness (QED) is 0.773. The average molecular weight is 321 g/mol. The van der Waals surface area contributed by atoms with Gasteiger partial charge in [0.15, 0.2) is 0 Å². The molecular weight excluding hydrogens is 313 g/mol. The Morgan fingerprint density at radius 3 is 2.05 bits per heavy atom. The molecule has 0 aliphatic heterocycles. The van der Waals surface area contributed by atoms with Gasteiger partial charge in [0.1, 0.15) is 0 Å². The van der Waals surface area contributed by atoms with Crippen LogP contribution in [0, 0.1) is 0 Å². The first-order valence-electron chi connectivity index (χ1n) is 5.41. The summed E-state index contributed by atoms with van der Waals surface area (Å²) in [6.45, 7) is 0. The Kier molecular flexibility index (Phi) is 3.80. The summed E-state index contributed by atoms with van der Waals surface area (Å²) < 4.78 is 61.5. The number of hydrogen-bond acceptors (Lipinski definition) is 2. The fraction of sp³-hybridized carbons (Fsp3) is 0.0769. The van der Waals surface area contributed by atoms with Crippen LogP contribution in [0.25, 0.3) is 11.1 Å². The van der Waals surface area contributed by atoms with E-state index >= 15 is 0 Å². The summed E-state index contributed by atoms with van der Waals surface area (Å²) in [5.41, 5.74) is -0.786. The van der Waals surface area contributed by atoms with Crippen LogP contribution < -0.4 is 0 Å². The number of alkyl halides is 3. The van der Waals surface area contributed by atoms with Crippen LogP contribution in [-0.4, -0.2) is 8.42 Å². The Balaban J connectivity index is 2.71. The first-order chi connectivity index (χ1) is 9.19. The second-order valence-corrected chi connectivity index (χ2v) is 6.57. The molecule has 2 nitrogen and oxygen atoms in total. The van der Waals surface area contributed by atoms with Crippen LogP contribution in [0.15, 0.2) is 53.4 Å². The zero-order valence-electron chi connectivity index (χ0n) is 9.86. The molecule has 2 rings (SSSR count). The minimum atomic E-state index is -4.68. The lowest BCUT2D eigenvalue weighted by molar-refractivity contribution is -0.137. The minimum Gasteiger partial charge on any atom is -0.207 e. The molecule has 0 aliphatic rings. The van der Waals surface area contributed by atoms with Crippen LogP contribution in [0.5, 0.6) is 0 Å².